The minimum atomic E-state index is -1.04. The molecule has 1 atom stereocenters. The lowest BCUT2D eigenvalue weighted by Gasteiger charge is -2.26. The van der Waals surface area contributed by atoms with Crippen LogP contribution < -0.4 is 0 Å². The molecular formula is C17H30Si. The molecule has 0 saturated carbocycles. The standard InChI is InChI=1S/C17H30Si/c1-5-6-7-14-17(18(2,3)4)15-10-13-16-11-8-9-12-16/h8-11,15,17H,5-7,12-14H2,1-4H3/b15-10+. The van der Waals surface area contributed by atoms with Crippen molar-refractivity contribution in [3.05, 3.63) is 36.0 Å². The molecule has 1 unspecified atom stereocenters. The van der Waals surface area contributed by atoms with Gasteiger partial charge in [0.05, 0.1) is 8.07 Å². The smallest absolute Gasteiger partial charge is 0.0513 e. The summed E-state index contributed by atoms with van der Waals surface area (Å²) in [4.78, 5) is 0. The maximum atomic E-state index is 2.53. The molecule has 0 aromatic carbocycles. The largest absolute Gasteiger partial charge is 0.0878 e. The van der Waals surface area contributed by atoms with Crippen LogP contribution in [0.2, 0.25) is 25.2 Å². The second-order valence-electron chi connectivity index (χ2n) is 6.56. The first-order valence-corrected chi connectivity index (χ1v) is 11.1. The molecule has 0 amide bonds. The first-order chi connectivity index (χ1) is 8.54. The van der Waals surface area contributed by atoms with E-state index >= 15 is 0 Å². The lowest BCUT2D eigenvalue weighted by Crippen LogP contribution is -2.26. The summed E-state index contributed by atoms with van der Waals surface area (Å²) in [6.07, 6.45) is 19.5. The number of hydrogen-bond donors (Lipinski definition) is 0. The summed E-state index contributed by atoms with van der Waals surface area (Å²) < 4.78 is 0. The Bertz CT molecular complexity index is 315. The Hall–Kier alpha value is -0.563. The van der Waals surface area contributed by atoms with Crippen molar-refractivity contribution >= 4 is 8.07 Å². The van der Waals surface area contributed by atoms with Crippen molar-refractivity contribution in [2.75, 3.05) is 0 Å². The molecule has 0 radical (unpaired) electrons. The van der Waals surface area contributed by atoms with Gasteiger partial charge in [-0.3, -0.25) is 0 Å². The van der Waals surface area contributed by atoms with Gasteiger partial charge in [0.15, 0.2) is 0 Å². The summed E-state index contributed by atoms with van der Waals surface area (Å²) in [6, 6.07) is 0. The first kappa shape index (κ1) is 15.5. The minimum absolute atomic E-state index is 0.860. The fraction of sp³-hybridized carbons (Fsp3) is 0.647. The summed E-state index contributed by atoms with van der Waals surface area (Å²) in [7, 11) is -1.04. The highest BCUT2D eigenvalue weighted by atomic mass is 28.3. The maximum Gasteiger partial charge on any atom is 0.0513 e. The van der Waals surface area contributed by atoms with Crippen molar-refractivity contribution in [1.82, 2.24) is 0 Å². The van der Waals surface area contributed by atoms with Gasteiger partial charge in [-0.2, -0.15) is 0 Å². The quantitative estimate of drug-likeness (QED) is 0.281. The van der Waals surface area contributed by atoms with Gasteiger partial charge in [0.2, 0.25) is 0 Å². The van der Waals surface area contributed by atoms with Crippen LogP contribution in [0.1, 0.15) is 45.4 Å². The van der Waals surface area contributed by atoms with Gasteiger partial charge in [-0.05, 0) is 24.8 Å². The van der Waals surface area contributed by atoms with E-state index in [-0.39, 0.29) is 0 Å². The first-order valence-electron chi connectivity index (χ1n) is 7.55. The van der Waals surface area contributed by atoms with Crippen LogP contribution in [0.3, 0.4) is 0 Å². The molecule has 0 aliphatic heterocycles. The Labute approximate surface area is 115 Å². The van der Waals surface area contributed by atoms with Crippen LogP contribution in [-0.2, 0) is 0 Å². The summed E-state index contributed by atoms with van der Waals surface area (Å²) in [6.45, 7) is 9.80. The molecule has 18 heavy (non-hydrogen) atoms. The predicted octanol–water partition coefficient (Wildman–Crippen LogP) is 6.11. The van der Waals surface area contributed by atoms with E-state index in [1.54, 1.807) is 5.57 Å². The van der Waals surface area contributed by atoms with Crippen LogP contribution in [0.15, 0.2) is 36.0 Å². The van der Waals surface area contributed by atoms with Gasteiger partial charge in [0, 0.05) is 0 Å². The molecule has 1 rings (SSSR count). The molecule has 0 aromatic heterocycles. The summed E-state index contributed by atoms with van der Waals surface area (Å²) in [5.41, 5.74) is 2.42. The monoisotopic (exact) mass is 262 g/mol. The molecule has 1 heteroatoms. The Balaban J connectivity index is 2.42. The Morgan fingerprint density at radius 1 is 1.28 bits per heavy atom. The number of unbranched alkanes of at least 4 members (excludes halogenated alkanes) is 2. The molecule has 0 aromatic rings. The average Bonchev–Trinajstić information content (AvgIpc) is 2.78. The second-order valence-corrected chi connectivity index (χ2v) is 12.0. The molecule has 1 aliphatic carbocycles. The highest BCUT2D eigenvalue weighted by molar-refractivity contribution is 6.78. The van der Waals surface area contributed by atoms with Gasteiger partial charge in [0.1, 0.15) is 0 Å². The molecule has 0 fully saturated rings. The lowest BCUT2D eigenvalue weighted by molar-refractivity contribution is 0.665. The molecule has 0 N–H and O–H groups in total. The van der Waals surface area contributed by atoms with Gasteiger partial charge in [0.25, 0.3) is 0 Å². The minimum Gasteiger partial charge on any atom is -0.0878 e. The van der Waals surface area contributed by atoms with Crippen LogP contribution in [0, 0.1) is 0 Å². The van der Waals surface area contributed by atoms with Crippen molar-refractivity contribution in [3.8, 4) is 0 Å². The van der Waals surface area contributed by atoms with Gasteiger partial charge in [-0.25, -0.2) is 0 Å². The molecule has 0 spiro atoms. The topological polar surface area (TPSA) is 0 Å². The molecule has 0 bridgehead atoms. The van der Waals surface area contributed by atoms with Gasteiger partial charge in [-0.15, -0.1) is 0 Å². The zero-order valence-corrected chi connectivity index (χ0v) is 13.7. The van der Waals surface area contributed by atoms with Crippen molar-refractivity contribution < 1.29 is 0 Å². The van der Waals surface area contributed by atoms with Crippen LogP contribution >= 0.6 is 0 Å². The Morgan fingerprint density at radius 3 is 2.61 bits per heavy atom. The van der Waals surface area contributed by atoms with Gasteiger partial charge < -0.3 is 0 Å². The van der Waals surface area contributed by atoms with E-state index < -0.39 is 8.07 Å². The van der Waals surface area contributed by atoms with E-state index in [2.05, 4.69) is 56.9 Å². The lowest BCUT2D eigenvalue weighted by atomic mass is 10.1. The van der Waals surface area contributed by atoms with Crippen molar-refractivity contribution in [1.29, 1.82) is 0 Å². The molecule has 1 aliphatic rings. The summed E-state index contributed by atoms with van der Waals surface area (Å²) >= 11 is 0. The number of allylic oxidation sites excluding steroid dienone is 6. The molecule has 0 heterocycles. The van der Waals surface area contributed by atoms with E-state index in [1.807, 2.05) is 0 Å². The van der Waals surface area contributed by atoms with E-state index in [4.69, 9.17) is 0 Å². The highest BCUT2D eigenvalue weighted by Crippen LogP contribution is 2.29. The predicted molar refractivity (Wildman–Crippen MR) is 86.8 cm³/mol. The van der Waals surface area contributed by atoms with Crippen molar-refractivity contribution in [3.63, 3.8) is 0 Å². The van der Waals surface area contributed by atoms with E-state index in [9.17, 15) is 0 Å². The van der Waals surface area contributed by atoms with Crippen molar-refractivity contribution in [2.24, 2.45) is 0 Å². The molecule has 102 valence electrons. The van der Waals surface area contributed by atoms with Crippen LogP contribution in [-0.4, -0.2) is 8.07 Å². The summed E-state index contributed by atoms with van der Waals surface area (Å²) in [5.74, 6) is 0. The average molecular weight is 263 g/mol. The molecular weight excluding hydrogens is 232 g/mol. The fourth-order valence-corrected chi connectivity index (χ4v) is 4.24. The zero-order valence-electron chi connectivity index (χ0n) is 12.7. The number of hydrogen-bond acceptors (Lipinski definition) is 0. The highest BCUT2D eigenvalue weighted by Gasteiger charge is 2.23. The van der Waals surface area contributed by atoms with E-state index in [1.165, 1.54) is 25.7 Å². The number of rotatable bonds is 8. The van der Waals surface area contributed by atoms with E-state index in [0.717, 1.165) is 18.4 Å². The zero-order chi connectivity index (χ0) is 13.4. The maximum absolute atomic E-state index is 2.53. The third kappa shape index (κ3) is 5.86. The third-order valence-electron chi connectivity index (χ3n) is 3.83. The fourth-order valence-electron chi connectivity index (χ4n) is 2.46. The normalized spacial score (nSPS) is 17.4. The van der Waals surface area contributed by atoms with Crippen LogP contribution in [0.5, 0.6) is 0 Å². The SMILES string of the molecule is CCCCCC(/C=C/CC1=CC=CC1)[Si](C)(C)C. The molecule has 0 saturated heterocycles. The van der Waals surface area contributed by atoms with E-state index in [0.29, 0.717) is 0 Å². The second kappa shape index (κ2) is 7.78. The van der Waals surface area contributed by atoms with Gasteiger partial charge >= 0.3 is 0 Å². The Morgan fingerprint density at radius 2 is 2.06 bits per heavy atom. The van der Waals surface area contributed by atoms with Crippen LogP contribution in [0.25, 0.3) is 0 Å². The third-order valence-corrected chi connectivity index (χ3v) is 6.53. The Kier molecular flexibility index (Phi) is 6.70. The summed E-state index contributed by atoms with van der Waals surface area (Å²) in [5, 5.41) is 0. The van der Waals surface area contributed by atoms with Crippen molar-refractivity contribution in [2.45, 2.75) is 70.6 Å². The van der Waals surface area contributed by atoms with Crippen LogP contribution in [0.4, 0.5) is 0 Å². The van der Waals surface area contributed by atoms with Gasteiger partial charge in [-0.1, -0.05) is 81.8 Å². The molecule has 0 nitrogen and oxygen atoms in total.